The topological polar surface area (TPSA) is 93.0 Å². The number of likely N-dealkylation sites (tertiary alicyclic amines) is 1. The van der Waals surface area contributed by atoms with Gasteiger partial charge in [-0.3, -0.25) is 4.79 Å². The number of aryl methyl sites for hydroxylation is 1. The molecule has 0 unspecified atom stereocenters. The zero-order valence-corrected chi connectivity index (χ0v) is 16.0. The molecule has 27 heavy (non-hydrogen) atoms. The SMILES string of the molecule is Cc1cc(C(=O)N2CC[C@@H]3Oc4ccccc4S(=O)(=O)N(C)[C@H]3CC2)no1. The number of carbonyl (C=O) groups is 1. The molecule has 4 rings (SSSR count). The van der Waals surface area contributed by atoms with Crippen LogP contribution in [-0.2, 0) is 10.0 Å². The number of fused-ring (bicyclic) bond motifs is 2. The Morgan fingerprint density at radius 2 is 1.96 bits per heavy atom. The fourth-order valence-corrected chi connectivity index (χ4v) is 5.23. The van der Waals surface area contributed by atoms with Crippen LogP contribution in [0.4, 0.5) is 0 Å². The van der Waals surface area contributed by atoms with E-state index < -0.39 is 10.0 Å². The molecule has 0 bridgehead atoms. The third-order valence-electron chi connectivity index (χ3n) is 5.19. The second-order valence-electron chi connectivity index (χ2n) is 6.88. The monoisotopic (exact) mass is 391 g/mol. The third-order valence-corrected chi connectivity index (χ3v) is 7.12. The van der Waals surface area contributed by atoms with Gasteiger partial charge in [-0.2, -0.15) is 4.31 Å². The highest BCUT2D eigenvalue weighted by molar-refractivity contribution is 7.89. The fourth-order valence-electron chi connectivity index (χ4n) is 3.70. The smallest absolute Gasteiger partial charge is 0.276 e. The summed E-state index contributed by atoms with van der Waals surface area (Å²) in [6.45, 7) is 2.61. The van der Waals surface area contributed by atoms with Gasteiger partial charge in [0.05, 0.1) is 6.04 Å². The number of nitrogens with zero attached hydrogens (tertiary/aromatic N) is 3. The number of rotatable bonds is 1. The summed E-state index contributed by atoms with van der Waals surface area (Å²) in [6.07, 6.45) is 0.684. The van der Waals surface area contributed by atoms with Crippen molar-refractivity contribution in [3.8, 4) is 5.75 Å². The maximum atomic E-state index is 13.0. The summed E-state index contributed by atoms with van der Waals surface area (Å²) in [6, 6.07) is 7.95. The molecule has 2 atom stereocenters. The molecule has 1 fully saturated rings. The highest BCUT2D eigenvalue weighted by atomic mass is 32.2. The molecule has 2 aromatic rings. The Balaban J connectivity index is 1.61. The van der Waals surface area contributed by atoms with Crippen LogP contribution in [0, 0.1) is 6.92 Å². The van der Waals surface area contributed by atoms with E-state index in [4.69, 9.17) is 9.26 Å². The van der Waals surface area contributed by atoms with Crippen LogP contribution in [0.5, 0.6) is 5.75 Å². The lowest BCUT2D eigenvalue weighted by Gasteiger charge is -2.28. The van der Waals surface area contributed by atoms with Crippen molar-refractivity contribution in [2.75, 3.05) is 20.1 Å². The van der Waals surface area contributed by atoms with E-state index in [0.717, 1.165) is 0 Å². The van der Waals surface area contributed by atoms with Gasteiger partial charge in [-0.25, -0.2) is 8.42 Å². The van der Waals surface area contributed by atoms with E-state index in [1.807, 2.05) is 0 Å². The maximum absolute atomic E-state index is 13.0. The van der Waals surface area contributed by atoms with Gasteiger partial charge in [0.2, 0.25) is 10.0 Å². The predicted molar refractivity (Wildman–Crippen MR) is 96.0 cm³/mol. The van der Waals surface area contributed by atoms with Crippen molar-refractivity contribution < 1.29 is 22.5 Å². The first-order valence-corrected chi connectivity index (χ1v) is 10.3. The van der Waals surface area contributed by atoms with E-state index in [9.17, 15) is 13.2 Å². The first-order valence-electron chi connectivity index (χ1n) is 8.84. The molecule has 2 aliphatic heterocycles. The zero-order chi connectivity index (χ0) is 19.2. The van der Waals surface area contributed by atoms with E-state index in [2.05, 4.69) is 5.16 Å². The van der Waals surface area contributed by atoms with Crippen LogP contribution in [0.1, 0.15) is 29.1 Å². The first-order chi connectivity index (χ1) is 12.9. The number of ether oxygens (including phenoxy) is 1. The Kier molecular flexibility index (Phi) is 4.43. The van der Waals surface area contributed by atoms with E-state index in [-0.39, 0.29) is 28.6 Å². The molecule has 0 saturated carbocycles. The Morgan fingerprint density at radius 1 is 1.22 bits per heavy atom. The number of para-hydroxylation sites is 1. The van der Waals surface area contributed by atoms with Crippen molar-refractivity contribution in [1.29, 1.82) is 0 Å². The lowest BCUT2D eigenvalue weighted by Crippen LogP contribution is -2.44. The molecule has 1 aromatic heterocycles. The number of aromatic nitrogens is 1. The van der Waals surface area contributed by atoms with Crippen LogP contribution in [0.2, 0.25) is 0 Å². The largest absolute Gasteiger partial charge is 0.487 e. The highest BCUT2D eigenvalue weighted by Gasteiger charge is 2.41. The minimum atomic E-state index is -3.65. The standard InChI is InChI=1S/C18H21N3O5S/c1-12-11-13(19-26-12)18(22)21-9-7-14-15(8-10-21)25-16-5-3-4-6-17(16)27(23,24)20(14)2/h3-6,11,14-15H,7-10H2,1-2H3/t14-,15-/m0/s1. The number of hydrogen-bond donors (Lipinski definition) is 0. The molecular weight excluding hydrogens is 370 g/mol. The quantitative estimate of drug-likeness (QED) is 0.734. The molecule has 0 aliphatic carbocycles. The predicted octanol–water partition coefficient (Wildman–Crippen LogP) is 1.67. The fraction of sp³-hybridized carbons (Fsp3) is 0.444. The Morgan fingerprint density at radius 3 is 2.70 bits per heavy atom. The van der Waals surface area contributed by atoms with E-state index >= 15 is 0 Å². The number of sulfonamides is 1. The molecule has 1 amide bonds. The second kappa shape index (κ2) is 6.65. The van der Waals surface area contributed by atoms with Crippen molar-refractivity contribution in [3.05, 3.63) is 41.8 Å². The molecule has 1 saturated heterocycles. The number of likely N-dealkylation sites (N-methyl/N-ethyl adjacent to an activating group) is 1. The van der Waals surface area contributed by atoms with Crippen LogP contribution in [0.15, 0.2) is 39.8 Å². The minimum absolute atomic E-state index is 0.187. The van der Waals surface area contributed by atoms with E-state index in [1.165, 1.54) is 4.31 Å². The third kappa shape index (κ3) is 3.10. The van der Waals surface area contributed by atoms with Crippen molar-refractivity contribution in [1.82, 2.24) is 14.4 Å². The minimum Gasteiger partial charge on any atom is -0.487 e. The summed E-state index contributed by atoms with van der Waals surface area (Å²) in [5.41, 5.74) is 0.266. The Bertz CT molecular complexity index is 971. The molecule has 3 heterocycles. The highest BCUT2D eigenvalue weighted by Crippen LogP contribution is 2.35. The lowest BCUT2D eigenvalue weighted by molar-refractivity contribution is 0.0745. The van der Waals surface area contributed by atoms with Crippen LogP contribution in [-0.4, -0.2) is 61.0 Å². The Hall–Kier alpha value is -2.39. The van der Waals surface area contributed by atoms with Crippen LogP contribution < -0.4 is 4.74 Å². The molecule has 0 spiro atoms. The Labute approximate surface area is 157 Å². The van der Waals surface area contributed by atoms with E-state index in [1.54, 1.807) is 49.2 Å². The van der Waals surface area contributed by atoms with Gasteiger partial charge in [-0.05, 0) is 25.5 Å². The van der Waals surface area contributed by atoms with Crippen LogP contribution >= 0.6 is 0 Å². The van der Waals surface area contributed by atoms with Gasteiger partial charge >= 0.3 is 0 Å². The maximum Gasteiger partial charge on any atom is 0.276 e. The van der Waals surface area contributed by atoms with E-state index in [0.29, 0.717) is 37.4 Å². The summed E-state index contributed by atoms with van der Waals surface area (Å²) in [5.74, 6) is 0.724. The van der Waals surface area contributed by atoms with Crippen molar-refractivity contribution in [2.45, 2.75) is 36.8 Å². The lowest BCUT2D eigenvalue weighted by atomic mass is 10.1. The molecule has 9 heteroatoms. The summed E-state index contributed by atoms with van der Waals surface area (Å²) in [4.78, 5) is 14.5. The molecular formula is C18H21N3O5S. The van der Waals surface area contributed by atoms with Crippen molar-refractivity contribution >= 4 is 15.9 Å². The normalized spacial score (nSPS) is 24.9. The van der Waals surface area contributed by atoms with Crippen molar-refractivity contribution in [3.63, 3.8) is 0 Å². The van der Waals surface area contributed by atoms with Crippen molar-refractivity contribution in [2.24, 2.45) is 0 Å². The summed E-state index contributed by atoms with van der Waals surface area (Å²) < 4.78 is 38.4. The van der Waals surface area contributed by atoms with Gasteiger partial charge < -0.3 is 14.2 Å². The molecule has 8 nitrogen and oxygen atoms in total. The van der Waals surface area contributed by atoms with Gasteiger partial charge in [0.25, 0.3) is 5.91 Å². The summed E-state index contributed by atoms with van der Waals surface area (Å²) in [7, 11) is -2.07. The van der Waals surface area contributed by atoms with Gasteiger partial charge in [0.1, 0.15) is 22.5 Å². The first kappa shape index (κ1) is 18.0. The van der Waals surface area contributed by atoms with Gasteiger partial charge in [-0.15, -0.1) is 0 Å². The van der Waals surface area contributed by atoms with Gasteiger partial charge in [-0.1, -0.05) is 17.3 Å². The molecule has 1 aromatic carbocycles. The zero-order valence-electron chi connectivity index (χ0n) is 15.2. The second-order valence-corrected chi connectivity index (χ2v) is 8.85. The molecule has 2 aliphatic rings. The molecule has 0 N–H and O–H groups in total. The average Bonchev–Trinajstić information content (AvgIpc) is 2.94. The van der Waals surface area contributed by atoms with Crippen LogP contribution in [0.3, 0.4) is 0 Å². The summed E-state index contributed by atoms with van der Waals surface area (Å²) in [5, 5.41) is 3.79. The van der Waals surface area contributed by atoms with Crippen LogP contribution in [0.25, 0.3) is 0 Å². The number of amides is 1. The number of benzene rings is 1. The van der Waals surface area contributed by atoms with Gasteiger partial charge in [0, 0.05) is 32.6 Å². The van der Waals surface area contributed by atoms with Gasteiger partial charge in [0.15, 0.2) is 5.69 Å². The summed E-state index contributed by atoms with van der Waals surface area (Å²) >= 11 is 0. The molecule has 0 radical (unpaired) electrons. The molecule has 144 valence electrons. The number of carbonyl (C=O) groups excluding carboxylic acids is 1. The average molecular weight is 391 g/mol. The number of hydrogen-bond acceptors (Lipinski definition) is 6.